The predicted molar refractivity (Wildman–Crippen MR) is 83.3 cm³/mol. The Morgan fingerprint density at radius 1 is 1.15 bits per heavy atom. The van der Waals surface area contributed by atoms with E-state index in [-0.39, 0.29) is 10.6 Å². The molecule has 0 saturated heterocycles. The van der Waals surface area contributed by atoms with E-state index in [0.717, 1.165) is 24.3 Å². The zero-order chi connectivity index (χ0) is 19.4. The van der Waals surface area contributed by atoms with Gasteiger partial charge in [-0.15, -0.1) is 0 Å². The standard InChI is InChI=1S/C15H8ClF3N2O5/c16-9-2-1-7(21(24)25)5-8(9)15(23)26-6-12(22)20-11-4-3-10(17)13(18)14(11)19/h1-5H,6H2,(H,20,22). The van der Waals surface area contributed by atoms with Crippen LogP contribution in [0.3, 0.4) is 0 Å². The summed E-state index contributed by atoms with van der Waals surface area (Å²) >= 11 is 5.74. The van der Waals surface area contributed by atoms with Crippen LogP contribution >= 0.6 is 11.6 Å². The Morgan fingerprint density at radius 3 is 2.50 bits per heavy atom. The quantitative estimate of drug-likeness (QED) is 0.366. The van der Waals surface area contributed by atoms with Gasteiger partial charge in [-0.25, -0.2) is 18.0 Å². The van der Waals surface area contributed by atoms with Gasteiger partial charge in [0.2, 0.25) is 0 Å². The molecule has 1 N–H and O–H groups in total. The summed E-state index contributed by atoms with van der Waals surface area (Å²) in [6.45, 7) is -0.920. The van der Waals surface area contributed by atoms with Crippen LogP contribution in [0.25, 0.3) is 0 Å². The third kappa shape index (κ3) is 4.28. The number of nitro groups is 1. The van der Waals surface area contributed by atoms with Crippen molar-refractivity contribution < 1.29 is 32.4 Å². The van der Waals surface area contributed by atoms with Gasteiger partial charge in [0.25, 0.3) is 11.6 Å². The topological polar surface area (TPSA) is 98.5 Å². The molecule has 26 heavy (non-hydrogen) atoms. The van der Waals surface area contributed by atoms with Gasteiger partial charge in [0.15, 0.2) is 24.1 Å². The molecule has 0 aromatic heterocycles. The Hall–Kier alpha value is -3.14. The maximum atomic E-state index is 13.4. The van der Waals surface area contributed by atoms with Crippen molar-refractivity contribution in [2.75, 3.05) is 11.9 Å². The number of carbonyl (C=O) groups is 2. The first-order valence-electron chi connectivity index (χ1n) is 6.75. The molecule has 2 aromatic rings. The maximum absolute atomic E-state index is 13.4. The molecule has 0 radical (unpaired) electrons. The molecule has 0 heterocycles. The number of rotatable bonds is 5. The summed E-state index contributed by atoms with van der Waals surface area (Å²) in [5.74, 6) is -7.02. The van der Waals surface area contributed by atoms with Crippen molar-refractivity contribution in [2.24, 2.45) is 0 Å². The summed E-state index contributed by atoms with van der Waals surface area (Å²) in [7, 11) is 0. The number of amides is 1. The number of non-ortho nitro benzene ring substituents is 1. The number of carbonyl (C=O) groups excluding carboxylic acids is 2. The Labute approximate surface area is 148 Å². The summed E-state index contributed by atoms with van der Waals surface area (Å²) < 4.78 is 43.9. The van der Waals surface area contributed by atoms with Crippen LogP contribution in [-0.2, 0) is 9.53 Å². The summed E-state index contributed by atoms with van der Waals surface area (Å²) in [5, 5.41) is 12.4. The molecule has 2 rings (SSSR count). The number of esters is 1. The number of nitrogens with zero attached hydrogens (tertiary/aromatic N) is 1. The summed E-state index contributed by atoms with van der Waals surface area (Å²) in [6, 6.07) is 4.41. The molecule has 2 aromatic carbocycles. The molecule has 0 fully saturated rings. The van der Waals surface area contributed by atoms with Crippen LogP contribution in [0.15, 0.2) is 30.3 Å². The zero-order valence-corrected chi connectivity index (χ0v) is 13.4. The second-order valence-electron chi connectivity index (χ2n) is 4.77. The van der Waals surface area contributed by atoms with Crippen LogP contribution in [0, 0.1) is 27.6 Å². The van der Waals surface area contributed by atoms with E-state index in [1.807, 2.05) is 5.32 Å². The van der Waals surface area contributed by atoms with Gasteiger partial charge in [0.05, 0.1) is 21.2 Å². The Morgan fingerprint density at radius 2 is 1.85 bits per heavy atom. The normalized spacial score (nSPS) is 10.3. The summed E-state index contributed by atoms with van der Waals surface area (Å²) in [5.41, 5.74) is -1.43. The number of ether oxygens (including phenoxy) is 1. The number of hydrogen-bond donors (Lipinski definition) is 1. The molecule has 0 aliphatic rings. The smallest absolute Gasteiger partial charge is 0.340 e. The number of anilines is 1. The van der Waals surface area contributed by atoms with Crippen molar-refractivity contribution in [1.82, 2.24) is 0 Å². The van der Waals surface area contributed by atoms with Crippen molar-refractivity contribution in [3.05, 3.63) is 68.5 Å². The fourth-order valence-corrected chi connectivity index (χ4v) is 2.00. The van der Waals surface area contributed by atoms with Crippen molar-refractivity contribution in [3.8, 4) is 0 Å². The van der Waals surface area contributed by atoms with Crippen LogP contribution < -0.4 is 5.32 Å². The van der Waals surface area contributed by atoms with Gasteiger partial charge in [0, 0.05) is 12.1 Å². The van der Waals surface area contributed by atoms with Crippen LogP contribution in [0.4, 0.5) is 24.5 Å². The van der Waals surface area contributed by atoms with E-state index < -0.39 is 52.2 Å². The minimum atomic E-state index is -1.77. The lowest BCUT2D eigenvalue weighted by atomic mass is 10.2. The van der Waals surface area contributed by atoms with Crippen molar-refractivity contribution in [1.29, 1.82) is 0 Å². The highest BCUT2D eigenvalue weighted by Crippen LogP contribution is 2.23. The fraction of sp³-hybridized carbons (Fsp3) is 0.0667. The number of benzene rings is 2. The molecule has 0 saturated carbocycles. The van der Waals surface area contributed by atoms with E-state index in [4.69, 9.17) is 11.6 Å². The largest absolute Gasteiger partial charge is 0.452 e. The van der Waals surface area contributed by atoms with Gasteiger partial charge in [-0.1, -0.05) is 11.6 Å². The van der Waals surface area contributed by atoms with Gasteiger partial charge >= 0.3 is 5.97 Å². The minimum absolute atomic E-state index is 0.146. The van der Waals surface area contributed by atoms with E-state index >= 15 is 0 Å². The lowest BCUT2D eigenvalue weighted by molar-refractivity contribution is -0.384. The monoisotopic (exact) mass is 388 g/mol. The van der Waals surface area contributed by atoms with Gasteiger partial charge in [0.1, 0.15) is 0 Å². The number of nitrogens with one attached hydrogen (secondary N) is 1. The molecule has 136 valence electrons. The second-order valence-corrected chi connectivity index (χ2v) is 5.18. The van der Waals surface area contributed by atoms with Crippen LogP contribution in [-0.4, -0.2) is 23.4 Å². The first kappa shape index (κ1) is 19.2. The lowest BCUT2D eigenvalue weighted by Gasteiger charge is -2.08. The highest BCUT2D eigenvalue weighted by atomic mass is 35.5. The average Bonchev–Trinajstić information content (AvgIpc) is 2.60. The van der Waals surface area contributed by atoms with E-state index in [1.54, 1.807) is 0 Å². The lowest BCUT2D eigenvalue weighted by Crippen LogP contribution is -2.22. The molecule has 0 atom stereocenters. The molecule has 0 bridgehead atoms. The van der Waals surface area contributed by atoms with Crippen LogP contribution in [0.2, 0.25) is 5.02 Å². The fourth-order valence-electron chi connectivity index (χ4n) is 1.80. The van der Waals surface area contributed by atoms with Crippen LogP contribution in [0.1, 0.15) is 10.4 Å². The highest BCUT2D eigenvalue weighted by Gasteiger charge is 2.19. The Kier molecular flexibility index (Phi) is 5.78. The van der Waals surface area contributed by atoms with E-state index in [0.29, 0.717) is 6.07 Å². The third-order valence-electron chi connectivity index (χ3n) is 3.02. The van der Waals surface area contributed by atoms with Crippen molar-refractivity contribution >= 4 is 34.9 Å². The van der Waals surface area contributed by atoms with Crippen LogP contribution in [0.5, 0.6) is 0 Å². The summed E-state index contributed by atoms with van der Waals surface area (Å²) in [6.07, 6.45) is 0. The van der Waals surface area contributed by atoms with E-state index in [9.17, 15) is 32.9 Å². The van der Waals surface area contributed by atoms with Crippen molar-refractivity contribution in [2.45, 2.75) is 0 Å². The van der Waals surface area contributed by atoms with E-state index in [1.165, 1.54) is 0 Å². The second kappa shape index (κ2) is 7.83. The molecule has 11 heteroatoms. The number of hydrogen-bond acceptors (Lipinski definition) is 5. The van der Waals surface area contributed by atoms with Crippen molar-refractivity contribution in [3.63, 3.8) is 0 Å². The molecule has 0 aliphatic carbocycles. The molecule has 0 aliphatic heterocycles. The first-order valence-corrected chi connectivity index (χ1v) is 7.13. The molecule has 0 spiro atoms. The molecular weight excluding hydrogens is 381 g/mol. The zero-order valence-electron chi connectivity index (χ0n) is 12.6. The third-order valence-corrected chi connectivity index (χ3v) is 3.35. The summed E-state index contributed by atoms with van der Waals surface area (Å²) in [4.78, 5) is 33.4. The van der Waals surface area contributed by atoms with E-state index in [2.05, 4.69) is 4.74 Å². The molecule has 0 unspecified atom stereocenters. The SMILES string of the molecule is O=C(COC(=O)c1cc([N+](=O)[O-])ccc1Cl)Nc1ccc(F)c(F)c1F. The Balaban J connectivity index is 2.04. The highest BCUT2D eigenvalue weighted by molar-refractivity contribution is 6.33. The van der Waals surface area contributed by atoms with Gasteiger partial charge in [-0.2, -0.15) is 0 Å². The average molecular weight is 389 g/mol. The first-order chi connectivity index (χ1) is 12.2. The number of nitro benzene ring substituents is 1. The minimum Gasteiger partial charge on any atom is -0.452 e. The molecule has 1 amide bonds. The molecule has 7 nitrogen and oxygen atoms in total. The Bertz CT molecular complexity index is 907. The van der Waals surface area contributed by atoms with Gasteiger partial charge < -0.3 is 10.1 Å². The maximum Gasteiger partial charge on any atom is 0.340 e. The predicted octanol–water partition coefficient (Wildman–Crippen LogP) is 3.46. The van der Waals surface area contributed by atoms with Gasteiger partial charge in [-0.05, 0) is 18.2 Å². The molecular formula is C15H8ClF3N2O5. The number of halogens is 4. The van der Waals surface area contributed by atoms with Gasteiger partial charge in [-0.3, -0.25) is 14.9 Å².